The number of halogens is 4. The molecule has 4 aliphatic rings. The number of allylic oxidation sites excluding steroid dienone is 1. The second kappa shape index (κ2) is 6.08. The maximum atomic E-state index is 16.8. The number of carbonyl (C=O) groups is 1. The van der Waals surface area contributed by atoms with Crippen LogP contribution < -0.4 is 14.2 Å². The number of hydrogen-bond donors (Lipinski definition) is 0. The van der Waals surface area contributed by atoms with E-state index >= 15 is 4.39 Å². The van der Waals surface area contributed by atoms with E-state index in [2.05, 4.69) is 0 Å². The Kier molecular flexibility index (Phi) is 3.66. The number of fused-ring (bicyclic) bond motifs is 3. The van der Waals surface area contributed by atoms with Crippen LogP contribution >= 0.6 is 0 Å². The summed E-state index contributed by atoms with van der Waals surface area (Å²) in [6.45, 7) is 1.44. The predicted octanol–water partition coefficient (Wildman–Crippen LogP) is 4.46. The first-order valence-electron chi connectivity index (χ1n) is 9.88. The zero-order valence-corrected chi connectivity index (χ0v) is 16.5. The molecule has 32 heavy (non-hydrogen) atoms. The highest BCUT2D eigenvalue weighted by molar-refractivity contribution is 5.96. The summed E-state index contributed by atoms with van der Waals surface area (Å²) in [4.78, 5) is 14.7. The fraction of sp³-hybridized carbons (Fsp3) is 0.318. The summed E-state index contributed by atoms with van der Waals surface area (Å²) in [6, 6.07) is 4.05. The Labute approximate surface area is 178 Å². The molecule has 1 aliphatic carbocycles. The second-order valence-electron chi connectivity index (χ2n) is 8.10. The van der Waals surface area contributed by atoms with Crippen molar-refractivity contribution in [3.05, 3.63) is 64.8 Å². The van der Waals surface area contributed by atoms with Crippen LogP contribution in [0.5, 0.6) is 17.2 Å². The van der Waals surface area contributed by atoms with Crippen LogP contribution in [-0.2, 0) is 23.2 Å². The molecule has 3 atom stereocenters. The zero-order valence-electron chi connectivity index (χ0n) is 16.5. The van der Waals surface area contributed by atoms with E-state index in [1.165, 1.54) is 17.0 Å². The quantitative estimate of drug-likeness (QED) is 0.634. The maximum Gasteiger partial charge on any atom is 0.449 e. The van der Waals surface area contributed by atoms with Crippen LogP contribution in [-0.4, -0.2) is 23.6 Å². The van der Waals surface area contributed by atoms with Crippen molar-refractivity contribution in [2.45, 2.75) is 31.4 Å². The van der Waals surface area contributed by atoms with Gasteiger partial charge in [0.2, 0.25) is 18.2 Å². The van der Waals surface area contributed by atoms with Gasteiger partial charge >= 0.3 is 6.18 Å². The standard InChI is InChI=1S/C22H15F4NO5/c1-10-2-4-13-18-19(10)27(8-11-3-5-17(31-11)22(24,25)26)20(28)21(18,23)12-6-15-16(30-9-29-15)7-14(12)32-13/h2-7,10,19H,8-9H2,1H3. The molecule has 3 aliphatic heterocycles. The van der Waals surface area contributed by atoms with E-state index in [9.17, 15) is 18.0 Å². The minimum atomic E-state index is -4.66. The Morgan fingerprint density at radius 2 is 1.91 bits per heavy atom. The number of furan rings is 1. The molecule has 3 unspecified atom stereocenters. The van der Waals surface area contributed by atoms with Crippen molar-refractivity contribution in [1.29, 1.82) is 0 Å². The van der Waals surface area contributed by atoms with E-state index in [4.69, 9.17) is 18.6 Å². The van der Waals surface area contributed by atoms with Crippen LogP contribution in [0.2, 0.25) is 0 Å². The molecular weight excluding hydrogens is 434 g/mol. The molecule has 1 aromatic carbocycles. The minimum absolute atomic E-state index is 0.0177. The Morgan fingerprint density at radius 3 is 2.62 bits per heavy atom. The Hall–Kier alpha value is -3.43. The van der Waals surface area contributed by atoms with Crippen LogP contribution in [0, 0.1) is 5.92 Å². The zero-order chi connectivity index (χ0) is 22.4. The largest absolute Gasteiger partial charge is 0.457 e. The minimum Gasteiger partial charge on any atom is -0.457 e. The summed E-state index contributed by atoms with van der Waals surface area (Å²) in [7, 11) is 0. The highest BCUT2D eigenvalue weighted by atomic mass is 19.4. The van der Waals surface area contributed by atoms with Gasteiger partial charge in [-0.3, -0.25) is 4.79 Å². The van der Waals surface area contributed by atoms with Crippen molar-refractivity contribution < 1.29 is 41.0 Å². The smallest absolute Gasteiger partial charge is 0.449 e. The SMILES string of the molecule is CC1C=CC2=C3C1N(Cc1ccc(C(F)(F)F)o1)C(=O)C3(F)c1cc3c(cc1O2)OCO3. The van der Waals surface area contributed by atoms with E-state index in [1.807, 2.05) is 0 Å². The monoisotopic (exact) mass is 449 g/mol. The third kappa shape index (κ3) is 2.43. The van der Waals surface area contributed by atoms with Crippen molar-refractivity contribution in [3.63, 3.8) is 0 Å². The molecule has 1 fully saturated rings. The number of carbonyl (C=O) groups excluding carboxylic acids is 1. The average molecular weight is 449 g/mol. The molecule has 6 nitrogen and oxygen atoms in total. The van der Waals surface area contributed by atoms with E-state index in [1.54, 1.807) is 19.1 Å². The summed E-state index contributed by atoms with van der Waals surface area (Å²) >= 11 is 0. The van der Waals surface area contributed by atoms with Crippen LogP contribution in [0.1, 0.15) is 24.0 Å². The molecular formula is C22H15F4NO5. The van der Waals surface area contributed by atoms with Crippen molar-refractivity contribution in [3.8, 4) is 17.2 Å². The van der Waals surface area contributed by atoms with Crippen LogP contribution in [0.3, 0.4) is 0 Å². The van der Waals surface area contributed by atoms with E-state index in [0.29, 0.717) is 5.75 Å². The highest BCUT2D eigenvalue weighted by Gasteiger charge is 2.64. The predicted molar refractivity (Wildman–Crippen MR) is 99.4 cm³/mol. The van der Waals surface area contributed by atoms with Crippen molar-refractivity contribution in [1.82, 2.24) is 4.90 Å². The van der Waals surface area contributed by atoms with Gasteiger partial charge in [0.05, 0.1) is 12.6 Å². The summed E-state index contributed by atoms with van der Waals surface area (Å²) in [5.74, 6) is -1.47. The van der Waals surface area contributed by atoms with Gasteiger partial charge in [0, 0.05) is 17.2 Å². The van der Waals surface area contributed by atoms with Crippen LogP contribution in [0.15, 0.2) is 52.2 Å². The number of rotatable bonds is 2. The number of ether oxygens (including phenoxy) is 3. The molecule has 0 radical (unpaired) electrons. The highest BCUT2D eigenvalue weighted by Crippen LogP contribution is 2.57. The Balaban J connectivity index is 1.46. The van der Waals surface area contributed by atoms with Gasteiger partial charge in [0.1, 0.15) is 17.3 Å². The molecule has 4 heterocycles. The molecule has 1 aromatic heterocycles. The Morgan fingerprint density at radius 1 is 1.16 bits per heavy atom. The molecule has 10 heteroatoms. The molecule has 0 spiro atoms. The lowest BCUT2D eigenvalue weighted by atomic mass is 9.78. The van der Waals surface area contributed by atoms with Gasteiger partial charge in [0.15, 0.2) is 11.5 Å². The number of benzene rings is 1. The molecule has 2 aromatic rings. The van der Waals surface area contributed by atoms with Crippen molar-refractivity contribution >= 4 is 5.91 Å². The van der Waals surface area contributed by atoms with Gasteiger partial charge in [-0.1, -0.05) is 13.0 Å². The van der Waals surface area contributed by atoms with Gasteiger partial charge < -0.3 is 23.5 Å². The molecule has 0 bridgehead atoms. The summed E-state index contributed by atoms with van der Waals surface area (Å²) in [6.07, 6.45) is -1.27. The molecule has 1 amide bonds. The third-order valence-electron chi connectivity index (χ3n) is 6.21. The molecule has 166 valence electrons. The lowest BCUT2D eigenvalue weighted by molar-refractivity contribution is -0.153. The fourth-order valence-corrected chi connectivity index (χ4v) is 4.79. The molecule has 6 rings (SSSR count). The first kappa shape index (κ1) is 19.3. The van der Waals surface area contributed by atoms with Crippen LogP contribution in [0.25, 0.3) is 0 Å². The van der Waals surface area contributed by atoms with Crippen molar-refractivity contribution in [2.24, 2.45) is 5.92 Å². The van der Waals surface area contributed by atoms with Crippen molar-refractivity contribution in [2.75, 3.05) is 6.79 Å². The van der Waals surface area contributed by atoms with Gasteiger partial charge in [-0.25, -0.2) is 4.39 Å². The summed E-state index contributed by atoms with van der Waals surface area (Å²) in [5.41, 5.74) is -2.44. The van der Waals surface area contributed by atoms with E-state index < -0.39 is 29.6 Å². The molecule has 1 saturated heterocycles. The number of likely N-dealkylation sites (tertiary alicyclic amines) is 1. The molecule has 0 saturated carbocycles. The first-order chi connectivity index (χ1) is 15.2. The summed E-state index contributed by atoms with van der Waals surface area (Å²) < 4.78 is 77.1. The fourth-order valence-electron chi connectivity index (χ4n) is 4.79. The second-order valence-corrected chi connectivity index (χ2v) is 8.10. The van der Waals surface area contributed by atoms with E-state index in [-0.39, 0.29) is 53.4 Å². The normalized spacial score (nSPS) is 27.5. The number of alkyl halides is 4. The molecule has 0 N–H and O–H groups in total. The lowest BCUT2D eigenvalue weighted by Crippen LogP contribution is -2.38. The van der Waals surface area contributed by atoms with Gasteiger partial charge in [-0.15, -0.1) is 0 Å². The number of amides is 1. The van der Waals surface area contributed by atoms with E-state index in [0.717, 1.165) is 12.1 Å². The van der Waals surface area contributed by atoms with Gasteiger partial charge in [-0.2, -0.15) is 13.2 Å². The van der Waals surface area contributed by atoms with Crippen LogP contribution in [0.4, 0.5) is 17.6 Å². The first-order valence-corrected chi connectivity index (χ1v) is 9.88. The average Bonchev–Trinajstić information content (AvgIpc) is 3.44. The van der Waals surface area contributed by atoms with Gasteiger partial charge in [0.25, 0.3) is 5.91 Å². The summed E-state index contributed by atoms with van der Waals surface area (Å²) in [5, 5.41) is 0. The van der Waals surface area contributed by atoms with Gasteiger partial charge in [-0.05, 0) is 30.2 Å². The number of hydrogen-bond acceptors (Lipinski definition) is 5. The number of nitrogens with zero attached hydrogens (tertiary/aromatic N) is 1. The lowest BCUT2D eigenvalue weighted by Gasteiger charge is -2.34. The maximum absolute atomic E-state index is 16.8. The third-order valence-corrected chi connectivity index (χ3v) is 6.21. The topological polar surface area (TPSA) is 61.1 Å². The Bertz CT molecular complexity index is 1230.